The van der Waals surface area contributed by atoms with E-state index in [9.17, 15) is 19.8 Å². The largest absolute Gasteiger partial charge is 0.478 e. The van der Waals surface area contributed by atoms with E-state index < -0.39 is 5.97 Å². The van der Waals surface area contributed by atoms with E-state index in [1.54, 1.807) is 36.9 Å². The minimum Gasteiger partial charge on any atom is -0.478 e. The van der Waals surface area contributed by atoms with Crippen molar-refractivity contribution in [3.8, 4) is 11.3 Å². The molecule has 0 saturated carbocycles. The van der Waals surface area contributed by atoms with Crippen molar-refractivity contribution in [2.45, 2.75) is 39.2 Å². The summed E-state index contributed by atoms with van der Waals surface area (Å²) in [5.41, 5.74) is 3.44. The quantitative estimate of drug-likeness (QED) is 0.866. The summed E-state index contributed by atoms with van der Waals surface area (Å²) >= 11 is 0. The maximum absolute atomic E-state index is 12.8. The normalized spacial score (nSPS) is 17.0. The van der Waals surface area contributed by atoms with Crippen LogP contribution in [0.1, 0.15) is 51.2 Å². The summed E-state index contributed by atoms with van der Waals surface area (Å²) in [4.78, 5) is 30.3. The summed E-state index contributed by atoms with van der Waals surface area (Å²) in [6, 6.07) is 8.82. The Bertz CT molecular complexity index is 838. The zero-order chi connectivity index (χ0) is 19.6. The fraction of sp³-hybridized carbons (Fsp3) is 0.381. The molecule has 0 aliphatic carbocycles. The second kappa shape index (κ2) is 7.88. The topological polar surface area (TPSA) is 90.7 Å². The highest BCUT2D eigenvalue weighted by atomic mass is 16.4. The van der Waals surface area contributed by atoms with E-state index in [0.717, 1.165) is 24.8 Å². The number of rotatable bonds is 4. The average molecular weight is 368 g/mol. The van der Waals surface area contributed by atoms with Crippen LogP contribution in [0.25, 0.3) is 11.3 Å². The van der Waals surface area contributed by atoms with Crippen LogP contribution < -0.4 is 0 Å². The fourth-order valence-corrected chi connectivity index (χ4v) is 3.71. The SMILES string of the molecule is Cc1cc(-c2ccc(C(=O)N3CCCC[C@@H]3CO)cc2)nc(C)c1C(=O)O. The van der Waals surface area contributed by atoms with Gasteiger partial charge in [-0.2, -0.15) is 0 Å². The Hall–Kier alpha value is -2.73. The van der Waals surface area contributed by atoms with Crippen molar-refractivity contribution >= 4 is 11.9 Å². The van der Waals surface area contributed by atoms with Crippen LogP contribution in [0.5, 0.6) is 0 Å². The molecular weight excluding hydrogens is 344 g/mol. The van der Waals surface area contributed by atoms with E-state index in [0.29, 0.717) is 29.1 Å². The molecule has 6 nitrogen and oxygen atoms in total. The monoisotopic (exact) mass is 368 g/mol. The van der Waals surface area contributed by atoms with E-state index in [1.165, 1.54) is 0 Å². The van der Waals surface area contributed by atoms with Gasteiger partial charge in [-0.15, -0.1) is 0 Å². The number of hydrogen-bond donors (Lipinski definition) is 2. The minimum atomic E-state index is -0.982. The number of aliphatic hydroxyl groups excluding tert-OH is 1. The molecule has 1 saturated heterocycles. The van der Waals surface area contributed by atoms with Gasteiger partial charge in [0.05, 0.1) is 29.6 Å². The number of aliphatic hydroxyl groups is 1. The lowest BCUT2D eigenvalue weighted by atomic mass is 10.00. The van der Waals surface area contributed by atoms with Gasteiger partial charge in [-0.05, 0) is 56.9 Å². The van der Waals surface area contributed by atoms with Crippen molar-refractivity contribution in [2.75, 3.05) is 13.2 Å². The van der Waals surface area contributed by atoms with Crippen molar-refractivity contribution in [1.29, 1.82) is 0 Å². The lowest BCUT2D eigenvalue weighted by molar-refractivity contribution is 0.0503. The van der Waals surface area contributed by atoms with Gasteiger partial charge in [-0.1, -0.05) is 12.1 Å². The smallest absolute Gasteiger partial charge is 0.337 e. The number of carboxylic acids is 1. The first-order valence-electron chi connectivity index (χ1n) is 9.16. The predicted octanol–water partition coefficient (Wildman–Crippen LogP) is 3.05. The number of carboxylic acid groups (broad SMARTS) is 1. The first-order chi connectivity index (χ1) is 12.9. The van der Waals surface area contributed by atoms with Gasteiger partial charge in [0, 0.05) is 17.7 Å². The third-order valence-corrected chi connectivity index (χ3v) is 5.14. The Balaban J connectivity index is 1.85. The number of nitrogens with zero attached hydrogens (tertiary/aromatic N) is 2. The number of hydrogen-bond acceptors (Lipinski definition) is 4. The number of aromatic nitrogens is 1. The van der Waals surface area contributed by atoms with Crippen LogP contribution in [-0.2, 0) is 0 Å². The van der Waals surface area contributed by atoms with Crippen LogP contribution in [0.15, 0.2) is 30.3 Å². The number of aryl methyl sites for hydroxylation is 2. The minimum absolute atomic E-state index is 0.0117. The number of pyridine rings is 1. The van der Waals surface area contributed by atoms with Gasteiger partial charge < -0.3 is 15.1 Å². The Morgan fingerprint density at radius 3 is 2.48 bits per heavy atom. The van der Waals surface area contributed by atoms with Crippen LogP contribution >= 0.6 is 0 Å². The fourth-order valence-electron chi connectivity index (χ4n) is 3.71. The molecule has 1 aromatic carbocycles. The van der Waals surface area contributed by atoms with Gasteiger partial charge in [-0.25, -0.2) is 4.79 Å². The molecule has 0 bridgehead atoms. The zero-order valence-corrected chi connectivity index (χ0v) is 15.6. The van der Waals surface area contributed by atoms with Gasteiger partial charge in [-0.3, -0.25) is 9.78 Å². The number of carbonyl (C=O) groups excluding carboxylic acids is 1. The van der Waals surface area contributed by atoms with Gasteiger partial charge in [0.2, 0.25) is 0 Å². The van der Waals surface area contributed by atoms with E-state index in [2.05, 4.69) is 4.98 Å². The van der Waals surface area contributed by atoms with E-state index >= 15 is 0 Å². The molecule has 1 aromatic heterocycles. The third-order valence-electron chi connectivity index (χ3n) is 5.14. The highest BCUT2D eigenvalue weighted by molar-refractivity contribution is 5.95. The number of likely N-dealkylation sites (tertiary alicyclic amines) is 1. The Morgan fingerprint density at radius 2 is 1.89 bits per heavy atom. The maximum Gasteiger partial charge on any atom is 0.337 e. The van der Waals surface area contributed by atoms with Crippen molar-refractivity contribution in [1.82, 2.24) is 9.88 Å². The van der Waals surface area contributed by atoms with Gasteiger partial charge in [0.15, 0.2) is 0 Å². The molecular formula is C21H24N2O4. The van der Waals surface area contributed by atoms with E-state index in [1.807, 2.05) is 12.1 Å². The number of aromatic carboxylic acids is 1. The Morgan fingerprint density at radius 1 is 1.19 bits per heavy atom. The Labute approximate surface area is 158 Å². The second-order valence-corrected chi connectivity index (χ2v) is 7.00. The summed E-state index contributed by atoms with van der Waals surface area (Å²) in [5.74, 6) is -1.05. The van der Waals surface area contributed by atoms with Crippen molar-refractivity contribution in [3.63, 3.8) is 0 Å². The van der Waals surface area contributed by atoms with Crippen molar-refractivity contribution in [2.24, 2.45) is 0 Å². The number of piperidine rings is 1. The third kappa shape index (κ3) is 3.85. The molecule has 6 heteroatoms. The average Bonchev–Trinajstić information content (AvgIpc) is 2.66. The summed E-state index contributed by atoms with van der Waals surface area (Å²) in [6.07, 6.45) is 2.82. The molecule has 0 unspecified atom stereocenters. The van der Waals surface area contributed by atoms with Crippen LogP contribution in [0.4, 0.5) is 0 Å². The van der Waals surface area contributed by atoms with Crippen LogP contribution in [0, 0.1) is 13.8 Å². The van der Waals surface area contributed by atoms with Gasteiger partial charge in [0.1, 0.15) is 0 Å². The van der Waals surface area contributed by atoms with E-state index in [-0.39, 0.29) is 24.1 Å². The van der Waals surface area contributed by atoms with Gasteiger partial charge in [0.25, 0.3) is 5.91 Å². The molecule has 2 aromatic rings. The molecule has 2 N–H and O–H groups in total. The lowest BCUT2D eigenvalue weighted by Gasteiger charge is -2.34. The lowest BCUT2D eigenvalue weighted by Crippen LogP contribution is -2.45. The first kappa shape index (κ1) is 19.0. The molecule has 0 radical (unpaired) electrons. The molecule has 1 aliphatic heterocycles. The molecule has 142 valence electrons. The molecule has 1 fully saturated rings. The number of amides is 1. The molecule has 3 rings (SSSR count). The standard InChI is InChI=1S/C21H24N2O4/c1-13-11-18(22-14(2)19(13)21(26)27)15-6-8-16(9-7-15)20(25)23-10-4-3-5-17(23)12-24/h6-9,11,17,24H,3-5,10,12H2,1-2H3,(H,26,27)/t17-/m1/s1. The van der Waals surface area contributed by atoms with Crippen LogP contribution in [0.3, 0.4) is 0 Å². The Kier molecular flexibility index (Phi) is 5.56. The molecule has 27 heavy (non-hydrogen) atoms. The summed E-state index contributed by atoms with van der Waals surface area (Å²) in [6.45, 7) is 4.10. The molecule has 2 heterocycles. The number of carbonyl (C=O) groups is 2. The second-order valence-electron chi connectivity index (χ2n) is 7.00. The van der Waals surface area contributed by atoms with Crippen molar-refractivity contribution < 1.29 is 19.8 Å². The van der Waals surface area contributed by atoms with Crippen molar-refractivity contribution in [3.05, 3.63) is 52.7 Å². The maximum atomic E-state index is 12.8. The molecule has 1 aliphatic rings. The first-order valence-corrected chi connectivity index (χ1v) is 9.16. The highest BCUT2D eigenvalue weighted by Crippen LogP contribution is 2.24. The zero-order valence-electron chi connectivity index (χ0n) is 15.6. The summed E-state index contributed by atoms with van der Waals surface area (Å²) < 4.78 is 0. The predicted molar refractivity (Wildman–Crippen MR) is 102 cm³/mol. The highest BCUT2D eigenvalue weighted by Gasteiger charge is 2.26. The summed E-state index contributed by atoms with van der Waals surface area (Å²) in [7, 11) is 0. The number of benzene rings is 1. The van der Waals surface area contributed by atoms with Gasteiger partial charge >= 0.3 is 5.97 Å². The molecule has 0 spiro atoms. The summed E-state index contributed by atoms with van der Waals surface area (Å²) in [5, 5.41) is 18.8. The van der Waals surface area contributed by atoms with Crippen LogP contribution in [-0.4, -0.2) is 51.2 Å². The van der Waals surface area contributed by atoms with Crippen LogP contribution in [0.2, 0.25) is 0 Å². The van der Waals surface area contributed by atoms with E-state index in [4.69, 9.17) is 0 Å². The molecule has 1 atom stereocenters. The molecule has 1 amide bonds.